The van der Waals surface area contributed by atoms with Gasteiger partial charge < -0.3 is 5.32 Å². The van der Waals surface area contributed by atoms with Gasteiger partial charge in [-0.15, -0.1) is 10.2 Å². The molecule has 3 aromatic carbocycles. The second-order valence-electron chi connectivity index (χ2n) is 7.54. The lowest BCUT2D eigenvalue weighted by Crippen LogP contribution is -2.25. The van der Waals surface area contributed by atoms with E-state index in [9.17, 15) is 28.1 Å². The Labute approximate surface area is 207 Å². The molecule has 0 saturated heterocycles. The van der Waals surface area contributed by atoms with Crippen LogP contribution in [0.25, 0.3) is 17.1 Å². The number of thioether (sulfide) groups is 1. The van der Waals surface area contributed by atoms with Crippen LogP contribution in [0.2, 0.25) is 0 Å². The zero-order chi connectivity index (χ0) is 25.7. The number of hydrogen-bond donors (Lipinski definition) is 1. The summed E-state index contributed by atoms with van der Waals surface area (Å²) in [5.41, 5.74) is 0.812. The van der Waals surface area contributed by atoms with Gasteiger partial charge in [-0.25, -0.2) is 0 Å². The van der Waals surface area contributed by atoms with Crippen LogP contribution >= 0.6 is 11.8 Å². The highest BCUT2D eigenvalue weighted by molar-refractivity contribution is 7.99. The van der Waals surface area contributed by atoms with Crippen molar-refractivity contribution in [2.45, 2.75) is 17.9 Å². The Kier molecular flexibility index (Phi) is 7.34. The van der Waals surface area contributed by atoms with Gasteiger partial charge in [0, 0.05) is 29.9 Å². The number of non-ortho nitro benzene ring substituents is 1. The van der Waals surface area contributed by atoms with E-state index in [1.807, 2.05) is 30.3 Å². The van der Waals surface area contributed by atoms with Gasteiger partial charge >= 0.3 is 6.18 Å². The topological polar surface area (TPSA) is 103 Å². The van der Waals surface area contributed by atoms with Gasteiger partial charge in [0.25, 0.3) is 5.69 Å². The molecule has 12 heteroatoms. The SMILES string of the molecule is O=C(CSc1nnc(-c2ccc([N+](=O)[O-])cc2)n1-c1ccccc1)NCc1cccc(C(F)(F)F)c1. The third kappa shape index (κ3) is 5.89. The molecule has 0 radical (unpaired) electrons. The van der Waals surface area contributed by atoms with Crippen molar-refractivity contribution in [3.05, 3.63) is 100 Å². The molecule has 1 aromatic heterocycles. The number of hydrogen-bond acceptors (Lipinski definition) is 6. The summed E-state index contributed by atoms with van der Waals surface area (Å²) in [4.78, 5) is 22.9. The molecule has 184 valence electrons. The van der Waals surface area contributed by atoms with Crippen LogP contribution in [-0.2, 0) is 17.5 Å². The average molecular weight is 514 g/mol. The third-order valence-corrected chi connectivity index (χ3v) is 5.99. The number of rotatable bonds is 8. The number of carbonyl (C=O) groups is 1. The second kappa shape index (κ2) is 10.6. The predicted molar refractivity (Wildman–Crippen MR) is 127 cm³/mol. The summed E-state index contributed by atoms with van der Waals surface area (Å²) in [7, 11) is 0. The summed E-state index contributed by atoms with van der Waals surface area (Å²) >= 11 is 1.11. The molecule has 0 aliphatic rings. The van der Waals surface area contributed by atoms with Gasteiger partial charge in [-0.1, -0.05) is 42.1 Å². The van der Waals surface area contributed by atoms with Gasteiger partial charge in [0.1, 0.15) is 0 Å². The number of nitrogens with one attached hydrogen (secondary N) is 1. The molecule has 1 N–H and O–H groups in total. The Hall–Kier alpha value is -4.19. The normalized spacial score (nSPS) is 11.3. The maximum atomic E-state index is 12.9. The van der Waals surface area contributed by atoms with Crippen molar-refractivity contribution in [2.75, 3.05) is 5.75 Å². The van der Waals surface area contributed by atoms with Crippen molar-refractivity contribution in [2.24, 2.45) is 0 Å². The van der Waals surface area contributed by atoms with Crippen molar-refractivity contribution >= 4 is 23.4 Å². The highest BCUT2D eigenvalue weighted by atomic mass is 32.2. The largest absolute Gasteiger partial charge is 0.416 e. The zero-order valence-electron chi connectivity index (χ0n) is 18.5. The summed E-state index contributed by atoms with van der Waals surface area (Å²) < 4.78 is 40.4. The number of amides is 1. The molecular weight excluding hydrogens is 495 g/mol. The number of nitro benzene ring substituents is 1. The fraction of sp³-hybridized carbons (Fsp3) is 0.125. The minimum Gasteiger partial charge on any atom is -0.351 e. The maximum Gasteiger partial charge on any atom is 0.416 e. The van der Waals surface area contributed by atoms with Gasteiger partial charge in [-0.05, 0) is 42.0 Å². The van der Waals surface area contributed by atoms with Crippen LogP contribution < -0.4 is 5.32 Å². The number of alkyl halides is 3. The monoisotopic (exact) mass is 513 g/mol. The fourth-order valence-electron chi connectivity index (χ4n) is 3.33. The van der Waals surface area contributed by atoms with E-state index in [1.165, 1.54) is 24.3 Å². The Balaban J connectivity index is 1.49. The van der Waals surface area contributed by atoms with Crippen LogP contribution in [0.15, 0.2) is 84.0 Å². The summed E-state index contributed by atoms with van der Waals surface area (Å²) in [6.45, 7) is -0.0528. The van der Waals surface area contributed by atoms with Crippen LogP contribution in [0.3, 0.4) is 0 Å². The predicted octanol–water partition coefficient (Wildman–Crippen LogP) is 5.27. The van der Waals surface area contributed by atoms with Gasteiger partial charge in [0.2, 0.25) is 5.91 Å². The van der Waals surface area contributed by atoms with E-state index in [2.05, 4.69) is 15.5 Å². The van der Waals surface area contributed by atoms with Crippen LogP contribution in [-0.4, -0.2) is 31.3 Å². The molecule has 0 spiro atoms. The van der Waals surface area contributed by atoms with Gasteiger partial charge in [0.05, 0.1) is 16.2 Å². The summed E-state index contributed by atoms with van der Waals surface area (Å²) in [6, 6.07) is 19.8. The zero-order valence-corrected chi connectivity index (χ0v) is 19.3. The summed E-state index contributed by atoms with van der Waals surface area (Å²) in [5, 5.41) is 22.4. The summed E-state index contributed by atoms with van der Waals surface area (Å²) in [5.74, 6) is -0.00984. The molecule has 0 bridgehead atoms. The maximum absolute atomic E-state index is 12.9. The minimum atomic E-state index is -4.46. The van der Waals surface area contributed by atoms with Crippen molar-refractivity contribution < 1.29 is 22.9 Å². The second-order valence-corrected chi connectivity index (χ2v) is 8.49. The lowest BCUT2D eigenvalue weighted by molar-refractivity contribution is -0.384. The molecule has 36 heavy (non-hydrogen) atoms. The Morgan fingerprint density at radius 3 is 2.39 bits per heavy atom. The first-order valence-corrected chi connectivity index (χ1v) is 11.5. The molecule has 0 aliphatic heterocycles. The smallest absolute Gasteiger partial charge is 0.351 e. The van der Waals surface area contributed by atoms with Crippen molar-refractivity contribution in [1.82, 2.24) is 20.1 Å². The number of carbonyl (C=O) groups excluding carboxylic acids is 1. The van der Waals surface area contributed by atoms with Crippen LogP contribution in [0.4, 0.5) is 18.9 Å². The number of aromatic nitrogens is 3. The third-order valence-electron chi connectivity index (χ3n) is 5.06. The molecule has 0 atom stereocenters. The molecule has 0 unspecified atom stereocenters. The molecule has 0 fully saturated rings. The molecule has 0 aliphatic carbocycles. The number of para-hydroxylation sites is 1. The van der Waals surface area contributed by atoms with Crippen molar-refractivity contribution in [1.29, 1.82) is 0 Å². The molecule has 4 aromatic rings. The molecule has 8 nitrogen and oxygen atoms in total. The lowest BCUT2D eigenvalue weighted by atomic mass is 10.1. The number of nitrogens with zero attached hydrogens (tertiary/aromatic N) is 4. The minimum absolute atomic E-state index is 0.0514. The van der Waals surface area contributed by atoms with E-state index >= 15 is 0 Å². The first-order valence-electron chi connectivity index (χ1n) is 10.5. The van der Waals surface area contributed by atoms with Crippen LogP contribution in [0.5, 0.6) is 0 Å². The Morgan fingerprint density at radius 1 is 1.00 bits per heavy atom. The van der Waals surface area contributed by atoms with Gasteiger partial charge in [0.15, 0.2) is 11.0 Å². The fourth-order valence-corrected chi connectivity index (χ4v) is 4.11. The van der Waals surface area contributed by atoms with Gasteiger partial charge in [-0.3, -0.25) is 19.5 Å². The van der Waals surface area contributed by atoms with E-state index < -0.39 is 22.6 Å². The van der Waals surface area contributed by atoms with Crippen LogP contribution in [0.1, 0.15) is 11.1 Å². The van der Waals surface area contributed by atoms with E-state index in [0.717, 1.165) is 29.6 Å². The molecule has 0 saturated carbocycles. The molecule has 4 rings (SSSR count). The highest BCUT2D eigenvalue weighted by Crippen LogP contribution is 2.30. The number of benzene rings is 3. The van der Waals surface area contributed by atoms with E-state index in [1.54, 1.807) is 16.7 Å². The summed E-state index contributed by atoms with van der Waals surface area (Å²) in [6.07, 6.45) is -4.46. The quantitative estimate of drug-likeness (QED) is 0.196. The molecular formula is C24H18F3N5O3S. The van der Waals surface area contributed by atoms with Crippen molar-refractivity contribution in [3.63, 3.8) is 0 Å². The molecule has 1 heterocycles. The standard InChI is InChI=1S/C24H18F3N5O3S/c25-24(26,27)18-6-4-5-16(13-18)14-28-21(33)15-36-23-30-29-22(31(23)19-7-2-1-3-8-19)17-9-11-20(12-10-17)32(34)35/h1-13H,14-15H2,(H,28,33). The number of nitro groups is 1. The number of halogens is 3. The first-order chi connectivity index (χ1) is 17.2. The van der Waals surface area contributed by atoms with Gasteiger partial charge in [-0.2, -0.15) is 13.2 Å². The van der Waals surface area contributed by atoms with E-state index in [0.29, 0.717) is 22.1 Å². The molecule has 1 amide bonds. The van der Waals surface area contributed by atoms with E-state index in [4.69, 9.17) is 0 Å². The van der Waals surface area contributed by atoms with E-state index in [-0.39, 0.29) is 18.0 Å². The first kappa shape index (κ1) is 24.9. The average Bonchev–Trinajstić information content (AvgIpc) is 3.30. The Bertz CT molecular complexity index is 1380. The highest BCUT2D eigenvalue weighted by Gasteiger charge is 2.30. The van der Waals surface area contributed by atoms with Crippen LogP contribution in [0, 0.1) is 10.1 Å². The lowest BCUT2D eigenvalue weighted by Gasteiger charge is -2.11. The Morgan fingerprint density at radius 2 is 1.72 bits per heavy atom. The van der Waals surface area contributed by atoms with Crippen molar-refractivity contribution in [3.8, 4) is 17.1 Å².